The maximum Gasteiger partial charge on any atom is 0.458 e. The van der Waals surface area contributed by atoms with Crippen molar-refractivity contribution in [2.45, 2.75) is 44.0 Å². The highest BCUT2D eigenvalue weighted by Gasteiger charge is 2.36. The Labute approximate surface area is 124 Å². The minimum absolute atomic E-state index is 0.0607. The maximum absolute atomic E-state index is 12.0. The standard InChI is InChI=1S/C15H19BO5/c17-13(8-11-4-2-1-3-5-11)9-12-6-7-14(10-15(18)19)21-16(12)20/h1-5,12,14,20H,6-10H2,(H,18,19)/t12-,14+/m1/s1. The van der Waals surface area contributed by atoms with Crippen LogP contribution in [-0.4, -0.2) is 35.1 Å². The molecule has 21 heavy (non-hydrogen) atoms. The zero-order valence-electron chi connectivity index (χ0n) is 11.8. The average molecular weight is 290 g/mol. The van der Waals surface area contributed by atoms with E-state index in [9.17, 15) is 14.6 Å². The Hall–Kier alpha value is -1.66. The van der Waals surface area contributed by atoms with Gasteiger partial charge in [0.1, 0.15) is 5.78 Å². The van der Waals surface area contributed by atoms with E-state index in [-0.39, 0.29) is 24.4 Å². The minimum Gasteiger partial charge on any atom is -0.481 e. The van der Waals surface area contributed by atoms with E-state index in [1.807, 2.05) is 30.3 Å². The van der Waals surface area contributed by atoms with Crippen LogP contribution in [-0.2, 0) is 20.7 Å². The zero-order valence-corrected chi connectivity index (χ0v) is 11.8. The predicted octanol–water partition coefficient (Wildman–Crippen LogP) is 1.69. The molecule has 0 radical (unpaired) electrons. The number of carbonyl (C=O) groups is 2. The third kappa shape index (κ3) is 4.99. The van der Waals surface area contributed by atoms with E-state index in [1.54, 1.807) is 0 Å². The van der Waals surface area contributed by atoms with Gasteiger partial charge in [0.25, 0.3) is 0 Å². The molecule has 5 nitrogen and oxygen atoms in total. The Morgan fingerprint density at radius 2 is 1.90 bits per heavy atom. The number of benzene rings is 1. The topological polar surface area (TPSA) is 83.8 Å². The van der Waals surface area contributed by atoms with E-state index in [2.05, 4.69) is 0 Å². The van der Waals surface area contributed by atoms with Gasteiger partial charge >= 0.3 is 13.1 Å². The van der Waals surface area contributed by atoms with Crippen molar-refractivity contribution in [2.24, 2.45) is 0 Å². The average Bonchev–Trinajstić information content (AvgIpc) is 2.42. The lowest BCUT2D eigenvalue weighted by Gasteiger charge is -2.30. The third-order valence-corrected chi connectivity index (χ3v) is 3.73. The van der Waals surface area contributed by atoms with E-state index in [1.165, 1.54) is 0 Å². The predicted molar refractivity (Wildman–Crippen MR) is 77.9 cm³/mol. The number of Topliss-reactive ketones (excluding diaryl/α,β-unsaturated/α-hetero) is 1. The second-order valence-electron chi connectivity index (χ2n) is 5.49. The largest absolute Gasteiger partial charge is 0.481 e. The van der Waals surface area contributed by atoms with Crippen LogP contribution in [0.2, 0.25) is 5.82 Å². The molecule has 2 N–H and O–H groups in total. The number of rotatable bonds is 6. The first kappa shape index (κ1) is 15.7. The minimum atomic E-state index is -1.05. The van der Waals surface area contributed by atoms with Gasteiger partial charge in [0, 0.05) is 18.7 Å². The van der Waals surface area contributed by atoms with Gasteiger partial charge in [-0.2, -0.15) is 0 Å². The molecule has 1 aliphatic heterocycles. The number of carboxylic acids is 1. The monoisotopic (exact) mass is 290 g/mol. The number of aliphatic carboxylic acids is 1. The molecule has 0 aromatic heterocycles. The summed E-state index contributed by atoms with van der Waals surface area (Å²) in [5, 5.41) is 18.6. The molecular formula is C15H19BO5. The molecule has 1 heterocycles. The van der Waals surface area contributed by atoms with Gasteiger partial charge in [-0.25, -0.2) is 0 Å². The fourth-order valence-electron chi connectivity index (χ4n) is 2.65. The Balaban J connectivity index is 1.81. The normalized spacial score (nSPS) is 22.0. The van der Waals surface area contributed by atoms with Crippen LogP contribution in [0.3, 0.4) is 0 Å². The summed E-state index contributed by atoms with van der Waals surface area (Å²) in [6, 6.07) is 9.47. The van der Waals surface area contributed by atoms with E-state index in [0.29, 0.717) is 19.3 Å². The van der Waals surface area contributed by atoms with Gasteiger partial charge in [-0.15, -0.1) is 0 Å². The highest BCUT2D eigenvalue weighted by Crippen LogP contribution is 2.31. The second-order valence-corrected chi connectivity index (χ2v) is 5.49. The number of hydrogen-bond acceptors (Lipinski definition) is 4. The zero-order chi connectivity index (χ0) is 15.2. The van der Waals surface area contributed by atoms with Crippen molar-refractivity contribution in [3.63, 3.8) is 0 Å². The lowest BCUT2D eigenvalue weighted by Crippen LogP contribution is -2.38. The van der Waals surface area contributed by atoms with E-state index in [4.69, 9.17) is 9.76 Å². The summed E-state index contributed by atoms with van der Waals surface area (Å²) in [6.07, 6.45) is 1.21. The highest BCUT2D eigenvalue weighted by molar-refractivity contribution is 6.45. The van der Waals surface area contributed by atoms with Crippen LogP contribution in [0.5, 0.6) is 0 Å². The van der Waals surface area contributed by atoms with Crippen molar-refractivity contribution in [2.75, 3.05) is 0 Å². The van der Waals surface area contributed by atoms with Crippen LogP contribution in [0, 0.1) is 0 Å². The molecule has 1 aliphatic rings. The number of carboxylic acid groups (broad SMARTS) is 1. The Morgan fingerprint density at radius 3 is 2.52 bits per heavy atom. The van der Waals surface area contributed by atoms with Crippen LogP contribution in [0.1, 0.15) is 31.2 Å². The van der Waals surface area contributed by atoms with Gasteiger partial charge in [0.2, 0.25) is 0 Å². The second kappa shape index (κ2) is 7.38. The van der Waals surface area contributed by atoms with Crippen LogP contribution < -0.4 is 0 Å². The van der Waals surface area contributed by atoms with Crippen molar-refractivity contribution in [1.82, 2.24) is 0 Å². The fourth-order valence-corrected chi connectivity index (χ4v) is 2.65. The van der Waals surface area contributed by atoms with E-state index >= 15 is 0 Å². The van der Waals surface area contributed by atoms with Crippen molar-refractivity contribution in [3.8, 4) is 0 Å². The number of hydrogen-bond donors (Lipinski definition) is 2. The molecule has 1 saturated heterocycles. The summed E-state index contributed by atoms with van der Waals surface area (Å²) in [5.41, 5.74) is 0.956. The molecule has 0 saturated carbocycles. The van der Waals surface area contributed by atoms with Gasteiger partial charge in [-0.05, 0) is 18.4 Å². The molecule has 0 spiro atoms. The third-order valence-electron chi connectivity index (χ3n) is 3.73. The summed E-state index contributed by atoms with van der Waals surface area (Å²) in [7, 11) is -1.05. The van der Waals surface area contributed by atoms with Crippen molar-refractivity contribution in [3.05, 3.63) is 35.9 Å². The van der Waals surface area contributed by atoms with Gasteiger partial charge in [-0.1, -0.05) is 30.3 Å². The number of ketones is 1. The first-order chi connectivity index (χ1) is 10.0. The quantitative estimate of drug-likeness (QED) is 0.779. The Kier molecular flexibility index (Phi) is 5.53. The molecule has 1 aromatic rings. The van der Waals surface area contributed by atoms with Gasteiger partial charge in [0.05, 0.1) is 12.5 Å². The molecular weight excluding hydrogens is 271 g/mol. The molecule has 1 fully saturated rings. The molecule has 0 amide bonds. The lowest BCUT2D eigenvalue weighted by molar-refractivity contribution is -0.139. The molecule has 112 valence electrons. The maximum atomic E-state index is 12.0. The van der Waals surface area contributed by atoms with Crippen LogP contribution in [0.25, 0.3) is 0 Å². The summed E-state index contributed by atoms with van der Waals surface area (Å²) >= 11 is 0. The fraction of sp³-hybridized carbons (Fsp3) is 0.467. The first-order valence-corrected chi connectivity index (χ1v) is 7.15. The van der Waals surface area contributed by atoms with Gasteiger partial charge in [0.15, 0.2) is 0 Å². The SMILES string of the molecule is O=C(O)C[C@@H]1CC[C@H](CC(=O)Cc2ccccc2)B(O)O1. The van der Waals surface area contributed by atoms with E-state index in [0.717, 1.165) is 5.56 Å². The molecule has 0 bridgehead atoms. The van der Waals surface area contributed by atoms with Crippen molar-refractivity contribution < 1.29 is 24.4 Å². The highest BCUT2D eigenvalue weighted by atomic mass is 16.5. The van der Waals surface area contributed by atoms with Crippen LogP contribution in [0.4, 0.5) is 0 Å². The molecule has 0 unspecified atom stereocenters. The van der Waals surface area contributed by atoms with Crippen LogP contribution in [0.15, 0.2) is 30.3 Å². The van der Waals surface area contributed by atoms with Gasteiger partial charge < -0.3 is 14.8 Å². The summed E-state index contributed by atoms with van der Waals surface area (Å²) in [5.74, 6) is -1.12. The summed E-state index contributed by atoms with van der Waals surface area (Å²) < 4.78 is 5.28. The summed E-state index contributed by atoms with van der Waals surface area (Å²) in [6.45, 7) is 0. The molecule has 6 heteroatoms. The van der Waals surface area contributed by atoms with E-state index < -0.39 is 19.2 Å². The smallest absolute Gasteiger partial charge is 0.458 e. The van der Waals surface area contributed by atoms with Crippen molar-refractivity contribution in [1.29, 1.82) is 0 Å². The molecule has 2 rings (SSSR count). The van der Waals surface area contributed by atoms with Crippen molar-refractivity contribution >= 4 is 18.9 Å². The molecule has 1 aromatic carbocycles. The Morgan fingerprint density at radius 1 is 1.19 bits per heavy atom. The number of carbonyl (C=O) groups excluding carboxylic acids is 1. The Bertz CT molecular complexity index is 490. The summed E-state index contributed by atoms with van der Waals surface area (Å²) in [4.78, 5) is 22.6. The molecule has 2 atom stereocenters. The lowest BCUT2D eigenvalue weighted by atomic mass is 9.64. The van der Waals surface area contributed by atoms with Crippen LogP contribution >= 0.6 is 0 Å². The van der Waals surface area contributed by atoms with Gasteiger partial charge in [-0.3, -0.25) is 9.59 Å². The molecule has 0 aliphatic carbocycles. The first-order valence-electron chi connectivity index (χ1n) is 7.15.